The summed E-state index contributed by atoms with van der Waals surface area (Å²) in [5.74, 6) is 1.25. The molecule has 1 aliphatic rings. The Morgan fingerprint density at radius 1 is 1.73 bits per heavy atom. The minimum Gasteiger partial charge on any atom is -0.493 e. The van der Waals surface area contributed by atoms with Crippen LogP contribution in [0.4, 0.5) is 0 Å². The number of ketones is 1. The topological polar surface area (TPSA) is 26.3 Å². The fraction of sp³-hybridized carbons (Fsp3) is 0.667. The number of Topliss-reactive ketones (excluding diaryl/α,β-unsaturated/α-hetero) is 1. The fourth-order valence-electron chi connectivity index (χ4n) is 1.33. The molecule has 1 unspecified atom stereocenters. The summed E-state index contributed by atoms with van der Waals surface area (Å²) in [5, 5.41) is 0. The number of rotatable bonds is 2. The van der Waals surface area contributed by atoms with Crippen LogP contribution in [0.2, 0.25) is 0 Å². The van der Waals surface area contributed by atoms with Crippen molar-refractivity contribution in [3.8, 4) is 0 Å². The Hall–Kier alpha value is -0.790. The second kappa shape index (κ2) is 3.56. The van der Waals surface area contributed by atoms with Crippen molar-refractivity contribution in [2.75, 3.05) is 7.11 Å². The van der Waals surface area contributed by atoms with Gasteiger partial charge in [-0.15, -0.1) is 0 Å². The Balaban J connectivity index is 2.68. The molecule has 2 nitrogen and oxygen atoms in total. The number of ether oxygens (including phenoxy) is 1. The molecule has 0 aliphatic heterocycles. The molecule has 0 aromatic rings. The van der Waals surface area contributed by atoms with E-state index in [1.807, 2.05) is 6.08 Å². The highest BCUT2D eigenvalue weighted by Crippen LogP contribution is 2.22. The third-order valence-corrected chi connectivity index (χ3v) is 2.15. The summed E-state index contributed by atoms with van der Waals surface area (Å²) in [7, 11) is 1.56. The van der Waals surface area contributed by atoms with Crippen molar-refractivity contribution < 1.29 is 9.53 Å². The highest BCUT2D eigenvalue weighted by Gasteiger charge is 2.19. The molecule has 1 rings (SSSR count). The number of carbonyl (C=O) groups is 1. The average molecular weight is 154 g/mol. The minimum atomic E-state index is 0.150. The zero-order chi connectivity index (χ0) is 8.27. The number of hydrogen-bond donors (Lipinski definition) is 0. The summed E-state index contributed by atoms with van der Waals surface area (Å²) in [6, 6.07) is 0. The van der Waals surface area contributed by atoms with Gasteiger partial charge in [-0.25, -0.2) is 0 Å². The zero-order valence-corrected chi connectivity index (χ0v) is 7.09. The molecule has 1 aliphatic carbocycles. The fourth-order valence-corrected chi connectivity index (χ4v) is 1.33. The monoisotopic (exact) mass is 154 g/mol. The number of allylic oxidation sites excluding steroid dienone is 2. The highest BCUT2D eigenvalue weighted by atomic mass is 16.5. The quantitative estimate of drug-likeness (QED) is 0.607. The van der Waals surface area contributed by atoms with Gasteiger partial charge in [0.2, 0.25) is 0 Å². The molecular formula is C9H14O2. The molecule has 0 heterocycles. The lowest BCUT2D eigenvalue weighted by Crippen LogP contribution is -2.14. The summed E-state index contributed by atoms with van der Waals surface area (Å²) in [4.78, 5) is 11.1. The van der Waals surface area contributed by atoms with Crippen LogP contribution in [0.25, 0.3) is 0 Å². The first-order chi connectivity index (χ1) is 5.27. The molecule has 1 atom stereocenters. The second-order valence-electron chi connectivity index (χ2n) is 2.87. The first-order valence-electron chi connectivity index (χ1n) is 4.07. The van der Waals surface area contributed by atoms with Gasteiger partial charge in [-0.2, -0.15) is 0 Å². The van der Waals surface area contributed by atoms with Crippen LogP contribution in [0.1, 0.15) is 26.2 Å². The van der Waals surface area contributed by atoms with E-state index in [0.29, 0.717) is 18.1 Å². The third-order valence-electron chi connectivity index (χ3n) is 2.15. The molecular weight excluding hydrogens is 140 g/mol. The predicted molar refractivity (Wildman–Crippen MR) is 43.1 cm³/mol. The molecule has 0 aromatic heterocycles. The summed E-state index contributed by atoms with van der Waals surface area (Å²) in [6.07, 6.45) is 4.69. The molecule has 0 bridgehead atoms. The maximum Gasteiger partial charge on any atom is 0.197 e. The summed E-state index contributed by atoms with van der Waals surface area (Å²) in [6.45, 7) is 2.13. The van der Waals surface area contributed by atoms with Crippen LogP contribution in [0.5, 0.6) is 0 Å². The lowest BCUT2D eigenvalue weighted by atomic mass is 9.92. The molecule has 11 heavy (non-hydrogen) atoms. The molecule has 0 spiro atoms. The average Bonchev–Trinajstić information content (AvgIpc) is 2.05. The van der Waals surface area contributed by atoms with Gasteiger partial charge in [0.05, 0.1) is 7.11 Å². The van der Waals surface area contributed by atoms with E-state index in [4.69, 9.17) is 4.74 Å². The lowest BCUT2D eigenvalue weighted by Gasteiger charge is -2.17. The Kier molecular flexibility index (Phi) is 2.69. The van der Waals surface area contributed by atoms with E-state index < -0.39 is 0 Å². The Bertz CT molecular complexity index is 182. The standard InChI is InChI=1S/C9H14O2/c1-3-7-4-5-8(10)9(6-7)11-2/h6-7H,3-5H2,1-2H3. The molecule has 0 fully saturated rings. The Morgan fingerprint density at radius 3 is 3.00 bits per heavy atom. The van der Waals surface area contributed by atoms with E-state index in [9.17, 15) is 4.79 Å². The minimum absolute atomic E-state index is 0.150. The van der Waals surface area contributed by atoms with Gasteiger partial charge in [0.1, 0.15) is 0 Å². The number of hydrogen-bond acceptors (Lipinski definition) is 2. The van der Waals surface area contributed by atoms with Crippen molar-refractivity contribution in [3.63, 3.8) is 0 Å². The van der Waals surface area contributed by atoms with Crippen molar-refractivity contribution in [1.29, 1.82) is 0 Å². The number of methoxy groups -OCH3 is 1. The van der Waals surface area contributed by atoms with Crippen molar-refractivity contribution in [1.82, 2.24) is 0 Å². The van der Waals surface area contributed by atoms with Gasteiger partial charge in [0.25, 0.3) is 0 Å². The van der Waals surface area contributed by atoms with E-state index in [1.54, 1.807) is 7.11 Å². The molecule has 0 saturated carbocycles. The SMILES string of the molecule is CCC1C=C(OC)C(=O)CC1. The van der Waals surface area contributed by atoms with E-state index in [-0.39, 0.29) is 5.78 Å². The van der Waals surface area contributed by atoms with Crippen molar-refractivity contribution in [3.05, 3.63) is 11.8 Å². The van der Waals surface area contributed by atoms with Crippen LogP contribution in [-0.4, -0.2) is 12.9 Å². The van der Waals surface area contributed by atoms with Gasteiger partial charge in [0.15, 0.2) is 11.5 Å². The smallest absolute Gasteiger partial charge is 0.197 e. The van der Waals surface area contributed by atoms with Gasteiger partial charge in [0, 0.05) is 6.42 Å². The van der Waals surface area contributed by atoms with Crippen molar-refractivity contribution >= 4 is 5.78 Å². The summed E-state index contributed by atoms with van der Waals surface area (Å²) >= 11 is 0. The summed E-state index contributed by atoms with van der Waals surface area (Å²) < 4.78 is 4.95. The van der Waals surface area contributed by atoms with Crippen LogP contribution in [-0.2, 0) is 9.53 Å². The van der Waals surface area contributed by atoms with Gasteiger partial charge in [-0.3, -0.25) is 4.79 Å². The van der Waals surface area contributed by atoms with Crippen molar-refractivity contribution in [2.45, 2.75) is 26.2 Å². The first kappa shape index (κ1) is 8.31. The summed E-state index contributed by atoms with van der Waals surface area (Å²) in [5.41, 5.74) is 0. The van der Waals surface area contributed by atoms with Gasteiger partial charge in [-0.1, -0.05) is 6.92 Å². The van der Waals surface area contributed by atoms with Crippen LogP contribution < -0.4 is 0 Å². The third kappa shape index (κ3) is 1.82. The molecule has 0 N–H and O–H groups in total. The van der Waals surface area contributed by atoms with E-state index in [0.717, 1.165) is 12.8 Å². The molecule has 0 amide bonds. The van der Waals surface area contributed by atoms with Crippen LogP contribution in [0.15, 0.2) is 11.8 Å². The largest absolute Gasteiger partial charge is 0.493 e. The molecule has 62 valence electrons. The Morgan fingerprint density at radius 2 is 2.45 bits per heavy atom. The van der Waals surface area contributed by atoms with Crippen LogP contribution in [0, 0.1) is 5.92 Å². The maximum atomic E-state index is 11.1. The first-order valence-corrected chi connectivity index (χ1v) is 4.07. The number of carbonyl (C=O) groups excluding carboxylic acids is 1. The normalized spacial score (nSPS) is 24.7. The van der Waals surface area contributed by atoms with Gasteiger partial charge < -0.3 is 4.74 Å². The zero-order valence-electron chi connectivity index (χ0n) is 7.09. The van der Waals surface area contributed by atoms with Crippen LogP contribution in [0.3, 0.4) is 0 Å². The van der Waals surface area contributed by atoms with E-state index >= 15 is 0 Å². The predicted octanol–water partition coefficient (Wildman–Crippen LogP) is 1.91. The van der Waals surface area contributed by atoms with E-state index in [1.165, 1.54) is 0 Å². The molecule has 2 heteroatoms. The van der Waals surface area contributed by atoms with Gasteiger partial charge in [-0.05, 0) is 24.8 Å². The second-order valence-corrected chi connectivity index (χ2v) is 2.87. The van der Waals surface area contributed by atoms with E-state index in [2.05, 4.69) is 6.92 Å². The molecule has 0 saturated heterocycles. The Labute approximate surface area is 67.2 Å². The molecule has 0 radical (unpaired) electrons. The van der Waals surface area contributed by atoms with Crippen molar-refractivity contribution in [2.24, 2.45) is 5.92 Å². The maximum absolute atomic E-state index is 11.1. The van der Waals surface area contributed by atoms with Crippen LogP contribution >= 0.6 is 0 Å². The highest BCUT2D eigenvalue weighted by molar-refractivity contribution is 5.94. The molecule has 0 aromatic carbocycles. The lowest BCUT2D eigenvalue weighted by molar-refractivity contribution is -0.119. The van der Waals surface area contributed by atoms with Gasteiger partial charge >= 0.3 is 0 Å².